The summed E-state index contributed by atoms with van der Waals surface area (Å²) in [6.07, 6.45) is 1.08. The minimum Gasteiger partial charge on any atom is -0.465 e. The largest absolute Gasteiger partial charge is 0.465 e. The van der Waals surface area contributed by atoms with E-state index in [-0.39, 0.29) is 18.4 Å². The third-order valence-electron chi connectivity index (χ3n) is 4.79. The minimum atomic E-state index is -0.235. The van der Waals surface area contributed by atoms with Gasteiger partial charge in [0.25, 0.3) is 0 Å². The van der Waals surface area contributed by atoms with E-state index in [0.717, 1.165) is 23.3 Å². The van der Waals surface area contributed by atoms with E-state index < -0.39 is 0 Å². The number of imidazole rings is 1. The van der Waals surface area contributed by atoms with Gasteiger partial charge >= 0.3 is 5.97 Å². The predicted octanol–water partition coefficient (Wildman–Crippen LogP) is 4.95. The first kappa shape index (κ1) is 19.2. The number of fused-ring (bicyclic) bond motifs is 1. The molecule has 27 heavy (non-hydrogen) atoms. The number of benzene rings is 2. The summed E-state index contributed by atoms with van der Waals surface area (Å²) in [6, 6.07) is 16.7. The van der Waals surface area contributed by atoms with E-state index in [1.54, 1.807) is 0 Å². The molecule has 3 aromatic rings. The maximum Gasteiger partial charge on any atom is 0.326 e. The van der Waals surface area contributed by atoms with Gasteiger partial charge in [0, 0.05) is 5.92 Å². The van der Waals surface area contributed by atoms with Gasteiger partial charge in [-0.15, -0.1) is 0 Å². The van der Waals surface area contributed by atoms with E-state index in [1.165, 1.54) is 11.1 Å². The Bertz CT molecular complexity index is 910. The predicted molar refractivity (Wildman–Crippen MR) is 109 cm³/mol. The van der Waals surface area contributed by atoms with Crippen molar-refractivity contribution in [3.63, 3.8) is 0 Å². The zero-order chi connectivity index (χ0) is 19.4. The van der Waals surface area contributed by atoms with Crippen LogP contribution in [0.5, 0.6) is 0 Å². The van der Waals surface area contributed by atoms with E-state index >= 15 is 0 Å². The van der Waals surface area contributed by atoms with Crippen molar-refractivity contribution >= 4 is 17.0 Å². The lowest BCUT2D eigenvalue weighted by molar-refractivity contribution is -0.143. The Balaban J connectivity index is 1.95. The molecule has 0 amide bonds. The van der Waals surface area contributed by atoms with Crippen LogP contribution in [0, 0.1) is 5.92 Å². The summed E-state index contributed by atoms with van der Waals surface area (Å²) < 4.78 is 7.16. The van der Waals surface area contributed by atoms with Crippen LogP contribution in [0.25, 0.3) is 11.0 Å². The molecule has 0 saturated carbocycles. The Hall–Kier alpha value is -2.62. The van der Waals surface area contributed by atoms with Crippen LogP contribution in [0.1, 0.15) is 50.6 Å². The minimum absolute atomic E-state index is 0.0833. The molecule has 0 bridgehead atoms. The van der Waals surface area contributed by atoms with E-state index in [2.05, 4.69) is 45.0 Å². The topological polar surface area (TPSA) is 44.1 Å². The summed E-state index contributed by atoms with van der Waals surface area (Å²) in [7, 11) is 0. The molecule has 2 aromatic carbocycles. The Morgan fingerprint density at radius 1 is 1.07 bits per heavy atom. The number of rotatable bonds is 7. The van der Waals surface area contributed by atoms with E-state index in [4.69, 9.17) is 9.72 Å². The summed E-state index contributed by atoms with van der Waals surface area (Å²) in [5.41, 5.74) is 4.41. The number of para-hydroxylation sites is 2. The molecule has 0 aliphatic rings. The van der Waals surface area contributed by atoms with Crippen molar-refractivity contribution in [2.75, 3.05) is 6.61 Å². The van der Waals surface area contributed by atoms with Crippen LogP contribution in [-0.4, -0.2) is 22.1 Å². The third-order valence-corrected chi connectivity index (χ3v) is 4.79. The van der Waals surface area contributed by atoms with Crippen LogP contribution >= 0.6 is 0 Å². The number of esters is 1. The van der Waals surface area contributed by atoms with E-state index in [0.29, 0.717) is 12.5 Å². The van der Waals surface area contributed by atoms with E-state index in [1.807, 2.05) is 35.8 Å². The molecule has 1 atom stereocenters. The quantitative estimate of drug-likeness (QED) is 0.557. The fraction of sp³-hybridized carbons (Fsp3) is 0.391. The Labute approximate surface area is 161 Å². The van der Waals surface area contributed by atoms with Crippen molar-refractivity contribution in [2.24, 2.45) is 5.92 Å². The van der Waals surface area contributed by atoms with Gasteiger partial charge in [-0.1, -0.05) is 57.2 Å². The molecule has 0 fully saturated rings. The highest BCUT2D eigenvalue weighted by atomic mass is 16.5. The molecule has 0 aliphatic heterocycles. The van der Waals surface area contributed by atoms with Gasteiger partial charge in [0.2, 0.25) is 0 Å². The number of carbonyl (C=O) groups excluding carboxylic acids is 1. The van der Waals surface area contributed by atoms with Crippen molar-refractivity contribution in [2.45, 2.75) is 46.6 Å². The first-order valence-corrected chi connectivity index (χ1v) is 9.69. The molecule has 0 aliphatic carbocycles. The molecule has 0 saturated heterocycles. The lowest BCUT2D eigenvalue weighted by Gasteiger charge is -2.15. The number of aromatic nitrogens is 2. The number of ether oxygens (including phenoxy) is 1. The van der Waals surface area contributed by atoms with Crippen molar-refractivity contribution < 1.29 is 9.53 Å². The molecule has 4 heteroatoms. The fourth-order valence-electron chi connectivity index (χ4n) is 3.49. The van der Waals surface area contributed by atoms with Crippen LogP contribution in [0.3, 0.4) is 0 Å². The molecule has 1 aromatic heterocycles. The third kappa shape index (κ3) is 4.38. The van der Waals surface area contributed by atoms with Crippen molar-refractivity contribution in [1.82, 2.24) is 9.55 Å². The highest BCUT2D eigenvalue weighted by Crippen LogP contribution is 2.28. The highest BCUT2D eigenvalue weighted by molar-refractivity contribution is 5.79. The summed E-state index contributed by atoms with van der Waals surface area (Å²) in [6.45, 7) is 8.99. The van der Waals surface area contributed by atoms with Crippen molar-refractivity contribution in [3.05, 3.63) is 65.5 Å². The first-order chi connectivity index (χ1) is 13.0. The van der Waals surface area contributed by atoms with Gasteiger partial charge in [0.15, 0.2) is 0 Å². The van der Waals surface area contributed by atoms with E-state index in [9.17, 15) is 4.79 Å². The second kappa shape index (κ2) is 8.38. The molecular weight excluding hydrogens is 336 g/mol. The van der Waals surface area contributed by atoms with Gasteiger partial charge in [0.05, 0.1) is 17.6 Å². The van der Waals surface area contributed by atoms with Gasteiger partial charge in [0.1, 0.15) is 12.4 Å². The zero-order valence-electron chi connectivity index (χ0n) is 16.6. The van der Waals surface area contributed by atoms with Crippen LogP contribution in [-0.2, 0) is 22.5 Å². The van der Waals surface area contributed by atoms with Gasteiger partial charge < -0.3 is 9.30 Å². The van der Waals surface area contributed by atoms with Gasteiger partial charge in [-0.25, -0.2) is 4.98 Å². The lowest BCUT2D eigenvalue weighted by atomic mass is 9.96. The Morgan fingerprint density at radius 3 is 2.44 bits per heavy atom. The molecule has 0 spiro atoms. The van der Waals surface area contributed by atoms with Gasteiger partial charge in [-0.3, -0.25) is 4.79 Å². The molecule has 3 rings (SSSR count). The Kier molecular flexibility index (Phi) is 5.94. The standard InChI is InChI=1S/C23H28N2O2/c1-5-27-22(26)15-25-21-9-7-6-8-20(21)24-23(25)17(4)19-12-10-18(11-13-19)14-16(2)3/h6-13,16-17H,5,14-15H2,1-4H3. The summed E-state index contributed by atoms with van der Waals surface area (Å²) >= 11 is 0. The van der Waals surface area contributed by atoms with Gasteiger partial charge in [-0.05, 0) is 42.5 Å². The SMILES string of the molecule is CCOC(=O)Cn1c(C(C)c2ccc(CC(C)C)cc2)nc2ccccc21. The number of carbonyl (C=O) groups is 1. The van der Waals surface area contributed by atoms with Crippen molar-refractivity contribution in [3.8, 4) is 0 Å². The molecule has 1 heterocycles. The fourth-order valence-corrected chi connectivity index (χ4v) is 3.49. The Morgan fingerprint density at radius 2 is 1.78 bits per heavy atom. The van der Waals surface area contributed by atoms with Crippen LogP contribution < -0.4 is 0 Å². The summed E-state index contributed by atoms with van der Waals surface area (Å²) in [5.74, 6) is 1.38. The average molecular weight is 364 g/mol. The second-order valence-corrected chi connectivity index (χ2v) is 7.41. The molecule has 4 nitrogen and oxygen atoms in total. The molecular formula is C23H28N2O2. The number of nitrogens with zero attached hydrogens (tertiary/aromatic N) is 2. The summed E-state index contributed by atoms with van der Waals surface area (Å²) in [5, 5.41) is 0. The van der Waals surface area contributed by atoms with Crippen LogP contribution in [0.2, 0.25) is 0 Å². The van der Waals surface area contributed by atoms with Crippen LogP contribution in [0.15, 0.2) is 48.5 Å². The smallest absolute Gasteiger partial charge is 0.326 e. The average Bonchev–Trinajstić information content (AvgIpc) is 3.00. The lowest BCUT2D eigenvalue weighted by Crippen LogP contribution is -2.17. The molecule has 142 valence electrons. The second-order valence-electron chi connectivity index (χ2n) is 7.41. The summed E-state index contributed by atoms with van der Waals surface area (Å²) in [4.78, 5) is 17.0. The van der Waals surface area contributed by atoms with Gasteiger partial charge in [-0.2, -0.15) is 0 Å². The first-order valence-electron chi connectivity index (χ1n) is 9.69. The normalized spacial score (nSPS) is 12.5. The zero-order valence-corrected chi connectivity index (χ0v) is 16.6. The van der Waals surface area contributed by atoms with Crippen LogP contribution in [0.4, 0.5) is 0 Å². The maximum atomic E-state index is 12.1. The monoisotopic (exact) mass is 364 g/mol. The number of hydrogen-bond donors (Lipinski definition) is 0. The molecule has 1 unspecified atom stereocenters. The number of hydrogen-bond acceptors (Lipinski definition) is 3. The maximum absolute atomic E-state index is 12.1. The molecule has 0 N–H and O–H groups in total. The van der Waals surface area contributed by atoms with Crippen molar-refractivity contribution in [1.29, 1.82) is 0 Å². The highest BCUT2D eigenvalue weighted by Gasteiger charge is 2.20. The molecule has 0 radical (unpaired) electrons.